The van der Waals surface area contributed by atoms with Crippen LogP contribution in [0.15, 0.2) is 60.8 Å². The second kappa shape index (κ2) is 8.87. The molecule has 4 heteroatoms. The van der Waals surface area contributed by atoms with Gasteiger partial charge in [0.2, 0.25) is 0 Å². The molecule has 1 aliphatic rings. The van der Waals surface area contributed by atoms with Crippen LogP contribution in [-0.4, -0.2) is 41.5 Å². The number of piperidine rings is 1. The number of hydrogen-bond donors (Lipinski definition) is 2. The van der Waals surface area contributed by atoms with Gasteiger partial charge in [0.1, 0.15) is 0 Å². The van der Waals surface area contributed by atoms with Gasteiger partial charge in [-0.05, 0) is 43.0 Å². The number of hydrogen-bond acceptors (Lipinski definition) is 2. The molecule has 1 amide bonds. The van der Waals surface area contributed by atoms with E-state index in [1.807, 2.05) is 30.3 Å². The molecule has 1 saturated heterocycles. The lowest BCUT2D eigenvalue weighted by Crippen LogP contribution is -2.45. The predicted molar refractivity (Wildman–Crippen MR) is 112 cm³/mol. The Morgan fingerprint density at radius 3 is 2.52 bits per heavy atom. The molecular formula is C23H29N3O. The van der Waals surface area contributed by atoms with E-state index in [2.05, 4.69) is 45.7 Å². The average molecular weight is 364 g/mol. The molecular weight excluding hydrogens is 334 g/mol. The molecule has 0 bridgehead atoms. The van der Waals surface area contributed by atoms with E-state index in [0.717, 1.165) is 44.5 Å². The summed E-state index contributed by atoms with van der Waals surface area (Å²) in [5, 5.41) is 4.51. The molecule has 4 nitrogen and oxygen atoms in total. The number of para-hydroxylation sites is 1. The second-order valence-corrected chi connectivity index (χ2v) is 7.06. The molecule has 1 aliphatic heterocycles. The first-order valence-electron chi connectivity index (χ1n) is 9.43. The van der Waals surface area contributed by atoms with Crippen molar-refractivity contribution in [3.63, 3.8) is 0 Å². The largest absolute Gasteiger partial charge is 0.361 e. The molecule has 0 aliphatic carbocycles. The number of aromatic amines is 1. The van der Waals surface area contributed by atoms with Gasteiger partial charge in [-0.25, -0.2) is 0 Å². The van der Waals surface area contributed by atoms with Crippen LogP contribution in [0.1, 0.15) is 36.2 Å². The molecule has 0 saturated carbocycles. The Balaban J connectivity index is 0.00000210. The van der Waals surface area contributed by atoms with Crippen molar-refractivity contribution in [2.75, 3.05) is 19.6 Å². The fourth-order valence-corrected chi connectivity index (χ4v) is 3.78. The maximum absolute atomic E-state index is 12.3. The number of carbonyl (C=O) groups excluding carboxylic acids is 1. The third-order valence-corrected chi connectivity index (χ3v) is 5.33. The van der Waals surface area contributed by atoms with E-state index in [-0.39, 0.29) is 19.4 Å². The summed E-state index contributed by atoms with van der Waals surface area (Å²) in [6.45, 7) is 3.16. The van der Waals surface area contributed by atoms with Crippen molar-refractivity contribution in [1.29, 1.82) is 0 Å². The number of likely N-dealkylation sites (tertiary alicyclic amines) is 1. The van der Waals surface area contributed by atoms with E-state index < -0.39 is 0 Å². The fourth-order valence-electron chi connectivity index (χ4n) is 3.78. The van der Waals surface area contributed by atoms with Gasteiger partial charge in [-0.2, -0.15) is 0 Å². The molecule has 0 atom stereocenters. The first-order valence-corrected chi connectivity index (χ1v) is 9.43. The Kier molecular flexibility index (Phi) is 6.30. The van der Waals surface area contributed by atoms with Crippen LogP contribution in [0.25, 0.3) is 10.9 Å². The molecule has 1 aromatic heterocycles. The maximum Gasteiger partial charge on any atom is 0.251 e. The summed E-state index contributed by atoms with van der Waals surface area (Å²) in [6.07, 6.45) is 5.24. The SMILES string of the molecule is C.O=C(NC1CCN(CCc2c[nH]c3ccccc23)CC1)c1ccccc1. The lowest BCUT2D eigenvalue weighted by Gasteiger charge is -2.32. The predicted octanol–water partition coefficient (Wildman–Crippen LogP) is 4.24. The van der Waals surface area contributed by atoms with Gasteiger partial charge in [0, 0.05) is 48.3 Å². The van der Waals surface area contributed by atoms with Crippen molar-refractivity contribution in [1.82, 2.24) is 15.2 Å². The zero-order valence-electron chi connectivity index (χ0n) is 14.9. The zero-order chi connectivity index (χ0) is 17.8. The molecule has 2 N–H and O–H groups in total. The van der Waals surface area contributed by atoms with E-state index in [0.29, 0.717) is 0 Å². The van der Waals surface area contributed by atoms with Gasteiger partial charge in [0.05, 0.1) is 0 Å². The Morgan fingerprint density at radius 2 is 1.74 bits per heavy atom. The van der Waals surface area contributed by atoms with Crippen LogP contribution in [0.2, 0.25) is 0 Å². The summed E-state index contributed by atoms with van der Waals surface area (Å²) in [6, 6.07) is 18.2. The van der Waals surface area contributed by atoms with Gasteiger partial charge in [0.15, 0.2) is 0 Å². The molecule has 4 rings (SSSR count). The smallest absolute Gasteiger partial charge is 0.251 e. The molecule has 142 valence electrons. The van der Waals surface area contributed by atoms with Crippen LogP contribution < -0.4 is 5.32 Å². The first kappa shape index (κ1) is 19.2. The summed E-state index contributed by atoms with van der Waals surface area (Å²) in [5.74, 6) is 0.0443. The number of aromatic nitrogens is 1. The van der Waals surface area contributed by atoms with Crippen LogP contribution in [-0.2, 0) is 6.42 Å². The van der Waals surface area contributed by atoms with Gasteiger partial charge < -0.3 is 15.2 Å². The summed E-state index contributed by atoms with van der Waals surface area (Å²) >= 11 is 0. The lowest BCUT2D eigenvalue weighted by molar-refractivity contribution is 0.0911. The monoisotopic (exact) mass is 363 g/mol. The molecule has 0 unspecified atom stereocenters. The number of amides is 1. The lowest BCUT2D eigenvalue weighted by atomic mass is 10.0. The van der Waals surface area contributed by atoms with Gasteiger partial charge in [0.25, 0.3) is 5.91 Å². The van der Waals surface area contributed by atoms with Crippen LogP contribution >= 0.6 is 0 Å². The molecule has 0 spiro atoms. The minimum Gasteiger partial charge on any atom is -0.361 e. The number of benzene rings is 2. The molecule has 2 aromatic carbocycles. The number of nitrogens with one attached hydrogen (secondary N) is 2. The summed E-state index contributed by atoms with van der Waals surface area (Å²) in [4.78, 5) is 18.1. The molecule has 1 fully saturated rings. The summed E-state index contributed by atoms with van der Waals surface area (Å²) in [5.41, 5.74) is 3.35. The highest BCUT2D eigenvalue weighted by molar-refractivity contribution is 5.94. The third kappa shape index (κ3) is 4.58. The Morgan fingerprint density at radius 1 is 1.04 bits per heavy atom. The van der Waals surface area contributed by atoms with Crippen LogP contribution in [0.5, 0.6) is 0 Å². The summed E-state index contributed by atoms with van der Waals surface area (Å²) in [7, 11) is 0. The van der Waals surface area contributed by atoms with E-state index in [9.17, 15) is 4.79 Å². The van der Waals surface area contributed by atoms with E-state index in [1.54, 1.807) is 0 Å². The molecule has 27 heavy (non-hydrogen) atoms. The summed E-state index contributed by atoms with van der Waals surface area (Å²) < 4.78 is 0. The fraction of sp³-hybridized carbons (Fsp3) is 0.348. The van der Waals surface area contributed by atoms with E-state index >= 15 is 0 Å². The topological polar surface area (TPSA) is 48.1 Å². The van der Waals surface area contributed by atoms with Crippen molar-refractivity contribution in [2.24, 2.45) is 0 Å². The van der Waals surface area contributed by atoms with Gasteiger partial charge in [-0.15, -0.1) is 0 Å². The second-order valence-electron chi connectivity index (χ2n) is 7.06. The van der Waals surface area contributed by atoms with Crippen molar-refractivity contribution in [3.05, 3.63) is 71.9 Å². The number of carbonyl (C=O) groups is 1. The zero-order valence-corrected chi connectivity index (χ0v) is 14.9. The minimum atomic E-state index is 0. The third-order valence-electron chi connectivity index (χ3n) is 5.33. The van der Waals surface area contributed by atoms with E-state index in [4.69, 9.17) is 0 Å². The molecule has 0 radical (unpaired) electrons. The molecule has 2 heterocycles. The minimum absolute atomic E-state index is 0. The Labute approximate surface area is 161 Å². The average Bonchev–Trinajstić information content (AvgIpc) is 3.11. The highest BCUT2D eigenvalue weighted by Crippen LogP contribution is 2.19. The van der Waals surface area contributed by atoms with E-state index in [1.165, 1.54) is 16.5 Å². The van der Waals surface area contributed by atoms with Crippen LogP contribution in [0.3, 0.4) is 0 Å². The van der Waals surface area contributed by atoms with Crippen molar-refractivity contribution < 1.29 is 4.79 Å². The normalized spacial score (nSPS) is 15.4. The maximum atomic E-state index is 12.3. The first-order chi connectivity index (χ1) is 12.8. The number of nitrogens with zero attached hydrogens (tertiary/aromatic N) is 1. The van der Waals surface area contributed by atoms with Crippen LogP contribution in [0.4, 0.5) is 0 Å². The van der Waals surface area contributed by atoms with Crippen molar-refractivity contribution in [2.45, 2.75) is 32.7 Å². The number of H-pyrrole nitrogens is 1. The Bertz CT molecular complexity index is 863. The highest BCUT2D eigenvalue weighted by atomic mass is 16.1. The quantitative estimate of drug-likeness (QED) is 0.712. The van der Waals surface area contributed by atoms with Gasteiger partial charge in [-0.3, -0.25) is 4.79 Å². The van der Waals surface area contributed by atoms with Gasteiger partial charge in [-0.1, -0.05) is 43.8 Å². The number of rotatable bonds is 5. The number of fused-ring (bicyclic) bond motifs is 1. The molecule has 3 aromatic rings. The van der Waals surface area contributed by atoms with Crippen LogP contribution in [0, 0.1) is 0 Å². The van der Waals surface area contributed by atoms with Crippen molar-refractivity contribution in [3.8, 4) is 0 Å². The highest BCUT2D eigenvalue weighted by Gasteiger charge is 2.21. The van der Waals surface area contributed by atoms with Crippen molar-refractivity contribution >= 4 is 16.8 Å². The standard InChI is InChI=1S/C22H25N3O.CH4/c26-22(17-6-2-1-3-7-17)24-19-11-14-25(15-12-19)13-10-18-16-23-21-9-5-4-8-20(18)21;/h1-9,16,19,23H,10-15H2,(H,24,26);1H4. The van der Waals surface area contributed by atoms with Gasteiger partial charge >= 0.3 is 0 Å². The Hall–Kier alpha value is -2.59.